The van der Waals surface area contributed by atoms with Gasteiger partial charge in [0, 0.05) is 6.54 Å². The second-order valence-corrected chi connectivity index (χ2v) is 4.58. The topological polar surface area (TPSA) is 21.3 Å². The van der Waals surface area contributed by atoms with Gasteiger partial charge in [-0.15, -0.1) is 0 Å². The van der Waals surface area contributed by atoms with Crippen LogP contribution >= 0.6 is 0 Å². The van der Waals surface area contributed by atoms with E-state index >= 15 is 0 Å². The van der Waals surface area contributed by atoms with Crippen LogP contribution in [0.1, 0.15) is 39.0 Å². The Morgan fingerprint density at radius 2 is 2.08 bits per heavy atom. The van der Waals surface area contributed by atoms with Crippen molar-refractivity contribution in [3.05, 3.63) is 0 Å². The van der Waals surface area contributed by atoms with Crippen LogP contribution in [0.15, 0.2) is 0 Å². The van der Waals surface area contributed by atoms with E-state index in [0.29, 0.717) is 12.2 Å². The monoisotopic (exact) mass is 183 g/mol. The van der Waals surface area contributed by atoms with E-state index in [1.807, 2.05) is 0 Å². The average molecular weight is 183 g/mol. The van der Waals surface area contributed by atoms with E-state index in [1.54, 1.807) is 0 Å². The van der Waals surface area contributed by atoms with E-state index in [1.165, 1.54) is 38.6 Å². The number of hydrogen-bond donors (Lipinski definition) is 1. The quantitative estimate of drug-likeness (QED) is 0.658. The molecule has 0 aromatic carbocycles. The lowest BCUT2D eigenvalue weighted by Gasteiger charge is -2.11. The standard InChI is InChI=1S/C11H21NO/c1-9-2-5-11(13-9)8-12-7-6-10-3-4-10/h9-12H,2-8H2,1H3. The van der Waals surface area contributed by atoms with E-state index in [4.69, 9.17) is 4.74 Å². The third kappa shape index (κ3) is 3.28. The summed E-state index contributed by atoms with van der Waals surface area (Å²) in [4.78, 5) is 0. The normalized spacial score (nSPS) is 33.9. The van der Waals surface area contributed by atoms with Crippen LogP contribution in [-0.4, -0.2) is 25.3 Å². The van der Waals surface area contributed by atoms with Gasteiger partial charge in [-0.3, -0.25) is 0 Å². The fraction of sp³-hybridized carbons (Fsp3) is 1.00. The van der Waals surface area contributed by atoms with Crippen molar-refractivity contribution in [2.24, 2.45) is 5.92 Å². The average Bonchev–Trinajstić information content (AvgIpc) is 2.84. The van der Waals surface area contributed by atoms with Gasteiger partial charge in [0.2, 0.25) is 0 Å². The number of hydrogen-bond acceptors (Lipinski definition) is 2. The molecule has 0 aromatic heterocycles. The molecular weight excluding hydrogens is 162 g/mol. The van der Waals surface area contributed by atoms with E-state index in [-0.39, 0.29) is 0 Å². The van der Waals surface area contributed by atoms with Crippen LogP contribution in [0.4, 0.5) is 0 Å². The lowest BCUT2D eigenvalue weighted by Crippen LogP contribution is -2.27. The molecule has 1 aliphatic carbocycles. The molecule has 0 spiro atoms. The molecule has 76 valence electrons. The summed E-state index contributed by atoms with van der Waals surface area (Å²) in [7, 11) is 0. The van der Waals surface area contributed by atoms with Crippen molar-refractivity contribution in [2.45, 2.75) is 51.2 Å². The summed E-state index contributed by atoms with van der Waals surface area (Å²) in [5.41, 5.74) is 0. The molecule has 1 saturated heterocycles. The Labute approximate surface area is 81.0 Å². The molecule has 0 bridgehead atoms. The van der Waals surface area contributed by atoms with Crippen LogP contribution in [0.3, 0.4) is 0 Å². The number of ether oxygens (including phenoxy) is 1. The highest BCUT2D eigenvalue weighted by Crippen LogP contribution is 2.31. The second-order valence-electron chi connectivity index (χ2n) is 4.58. The lowest BCUT2D eigenvalue weighted by atomic mass is 10.2. The molecule has 1 heterocycles. The predicted octanol–water partition coefficient (Wildman–Crippen LogP) is 1.94. The van der Waals surface area contributed by atoms with Crippen LogP contribution in [0.25, 0.3) is 0 Å². The summed E-state index contributed by atoms with van der Waals surface area (Å²) in [6, 6.07) is 0. The molecule has 2 aliphatic rings. The van der Waals surface area contributed by atoms with Gasteiger partial charge in [0.25, 0.3) is 0 Å². The summed E-state index contributed by atoms with van der Waals surface area (Å²) < 4.78 is 5.72. The van der Waals surface area contributed by atoms with Crippen LogP contribution in [0.2, 0.25) is 0 Å². The lowest BCUT2D eigenvalue weighted by molar-refractivity contribution is 0.0561. The van der Waals surface area contributed by atoms with Crippen LogP contribution in [0, 0.1) is 5.92 Å². The first-order chi connectivity index (χ1) is 6.34. The van der Waals surface area contributed by atoms with Crippen LogP contribution < -0.4 is 5.32 Å². The number of rotatable bonds is 5. The molecule has 0 radical (unpaired) electrons. The highest BCUT2D eigenvalue weighted by Gasteiger charge is 2.22. The van der Waals surface area contributed by atoms with Gasteiger partial charge in [-0.2, -0.15) is 0 Å². The molecular formula is C11H21NO. The summed E-state index contributed by atoms with van der Waals surface area (Å²) in [6.07, 6.45) is 7.80. The van der Waals surface area contributed by atoms with Crippen LogP contribution in [0.5, 0.6) is 0 Å². The third-order valence-electron chi connectivity index (χ3n) is 3.12. The van der Waals surface area contributed by atoms with Gasteiger partial charge in [-0.1, -0.05) is 12.8 Å². The zero-order valence-corrected chi connectivity index (χ0v) is 8.59. The van der Waals surface area contributed by atoms with Gasteiger partial charge in [0.1, 0.15) is 0 Å². The Balaban J connectivity index is 1.47. The molecule has 2 nitrogen and oxygen atoms in total. The first kappa shape index (κ1) is 9.47. The van der Waals surface area contributed by atoms with Crippen molar-refractivity contribution in [1.82, 2.24) is 5.32 Å². The Bertz CT molecular complexity index is 156. The maximum Gasteiger partial charge on any atom is 0.0704 e. The molecule has 2 unspecified atom stereocenters. The Morgan fingerprint density at radius 1 is 1.23 bits per heavy atom. The molecule has 1 saturated carbocycles. The zero-order valence-electron chi connectivity index (χ0n) is 8.59. The highest BCUT2D eigenvalue weighted by atomic mass is 16.5. The van der Waals surface area contributed by atoms with E-state index < -0.39 is 0 Å². The smallest absolute Gasteiger partial charge is 0.0704 e. The molecule has 2 rings (SSSR count). The van der Waals surface area contributed by atoms with Gasteiger partial charge >= 0.3 is 0 Å². The maximum atomic E-state index is 5.72. The van der Waals surface area contributed by atoms with Crippen molar-refractivity contribution in [1.29, 1.82) is 0 Å². The third-order valence-corrected chi connectivity index (χ3v) is 3.12. The van der Waals surface area contributed by atoms with Crippen molar-refractivity contribution >= 4 is 0 Å². The minimum atomic E-state index is 0.495. The summed E-state index contributed by atoms with van der Waals surface area (Å²) in [6.45, 7) is 4.43. The van der Waals surface area contributed by atoms with E-state index in [2.05, 4.69) is 12.2 Å². The van der Waals surface area contributed by atoms with Crippen molar-refractivity contribution < 1.29 is 4.74 Å². The van der Waals surface area contributed by atoms with Crippen LogP contribution in [-0.2, 0) is 4.74 Å². The summed E-state index contributed by atoms with van der Waals surface area (Å²) in [5, 5.41) is 3.49. The zero-order chi connectivity index (χ0) is 9.10. The molecule has 13 heavy (non-hydrogen) atoms. The van der Waals surface area contributed by atoms with Crippen molar-refractivity contribution in [3.8, 4) is 0 Å². The van der Waals surface area contributed by atoms with E-state index in [0.717, 1.165) is 12.5 Å². The number of nitrogens with one attached hydrogen (secondary N) is 1. The predicted molar refractivity (Wildman–Crippen MR) is 53.8 cm³/mol. The molecule has 2 heteroatoms. The second kappa shape index (κ2) is 4.43. The van der Waals surface area contributed by atoms with Gasteiger partial charge in [-0.25, -0.2) is 0 Å². The SMILES string of the molecule is CC1CCC(CNCCC2CC2)O1. The summed E-state index contributed by atoms with van der Waals surface area (Å²) in [5.74, 6) is 1.05. The van der Waals surface area contributed by atoms with Crippen molar-refractivity contribution in [2.75, 3.05) is 13.1 Å². The van der Waals surface area contributed by atoms with Gasteiger partial charge in [0.15, 0.2) is 0 Å². The molecule has 0 aromatic rings. The molecule has 1 aliphatic heterocycles. The Kier molecular flexibility index (Phi) is 3.23. The highest BCUT2D eigenvalue weighted by molar-refractivity contribution is 4.75. The largest absolute Gasteiger partial charge is 0.374 e. The first-order valence-electron chi connectivity index (χ1n) is 5.71. The van der Waals surface area contributed by atoms with Crippen molar-refractivity contribution in [3.63, 3.8) is 0 Å². The minimum Gasteiger partial charge on any atom is -0.374 e. The summed E-state index contributed by atoms with van der Waals surface area (Å²) >= 11 is 0. The van der Waals surface area contributed by atoms with Gasteiger partial charge in [0.05, 0.1) is 12.2 Å². The Hall–Kier alpha value is -0.0800. The fourth-order valence-electron chi connectivity index (χ4n) is 2.01. The first-order valence-corrected chi connectivity index (χ1v) is 5.71. The van der Waals surface area contributed by atoms with Gasteiger partial charge < -0.3 is 10.1 Å². The minimum absolute atomic E-state index is 0.495. The molecule has 2 atom stereocenters. The fourth-order valence-corrected chi connectivity index (χ4v) is 2.01. The molecule has 1 N–H and O–H groups in total. The van der Waals surface area contributed by atoms with E-state index in [9.17, 15) is 0 Å². The molecule has 0 amide bonds. The molecule has 2 fully saturated rings. The van der Waals surface area contributed by atoms with Gasteiger partial charge in [-0.05, 0) is 38.6 Å². The Morgan fingerprint density at radius 3 is 2.69 bits per heavy atom. The maximum absolute atomic E-state index is 5.72.